The minimum atomic E-state index is -0.511. The lowest BCUT2D eigenvalue weighted by molar-refractivity contribution is -0.0724. The third kappa shape index (κ3) is 3.69. The first-order valence-corrected chi connectivity index (χ1v) is 11.1. The van der Waals surface area contributed by atoms with E-state index in [-0.39, 0.29) is 12.2 Å². The Labute approximate surface area is 183 Å². The van der Waals surface area contributed by atoms with Crippen molar-refractivity contribution in [3.63, 3.8) is 0 Å². The average molecular weight is 436 g/mol. The molecule has 2 fully saturated rings. The second-order valence-electron chi connectivity index (χ2n) is 8.57. The minimum Gasteiger partial charge on any atom is -0.475 e. The van der Waals surface area contributed by atoms with Crippen LogP contribution in [-0.4, -0.2) is 49.5 Å². The van der Waals surface area contributed by atoms with E-state index in [0.717, 1.165) is 49.1 Å². The molecule has 0 amide bonds. The molecule has 0 spiro atoms. The molecule has 4 heterocycles. The van der Waals surface area contributed by atoms with Gasteiger partial charge in [0.25, 0.3) is 0 Å². The highest BCUT2D eigenvalue weighted by molar-refractivity contribution is 5.66. The van der Waals surface area contributed by atoms with Crippen LogP contribution in [0.2, 0.25) is 0 Å². The fourth-order valence-corrected chi connectivity index (χ4v) is 4.57. The Morgan fingerprint density at radius 1 is 1.25 bits per heavy atom. The molecule has 3 atom stereocenters. The van der Waals surface area contributed by atoms with E-state index in [1.165, 1.54) is 0 Å². The van der Waals surface area contributed by atoms with Gasteiger partial charge in [-0.25, -0.2) is 9.89 Å². The summed E-state index contributed by atoms with van der Waals surface area (Å²) in [4.78, 5) is 17.4. The predicted octanol–water partition coefficient (Wildman–Crippen LogP) is 2.20. The maximum Gasteiger partial charge on any atom is 0.353 e. The van der Waals surface area contributed by atoms with Gasteiger partial charge in [0.15, 0.2) is 5.82 Å². The van der Waals surface area contributed by atoms with Crippen molar-refractivity contribution in [3.05, 3.63) is 52.2 Å². The number of rotatable bonds is 7. The summed E-state index contributed by atoms with van der Waals surface area (Å²) in [5.41, 5.74) is 2.44. The van der Waals surface area contributed by atoms with Crippen LogP contribution in [0, 0.1) is 5.92 Å². The third-order valence-electron chi connectivity index (χ3n) is 6.33. The smallest absolute Gasteiger partial charge is 0.353 e. The van der Waals surface area contributed by atoms with E-state index in [0.29, 0.717) is 30.7 Å². The standard InChI is InChI=1S/C22H24N6O4/c29-22-23-18(31-12-15-5-3-9-30-15)11-17-16-6-2-1-4-14(16)10-19(28(17)22)32-20(13-7-8-13)21-24-26-27-25-21/h1-2,4,6,11,13,15,19-20H,3,5,7-10,12H2,(H,24,25,26,27). The summed E-state index contributed by atoms with van der Waals surface area (Å²) in [7, 11) is 0. The quantitative estimate of drug-likeness (QED) is 0.599. The summed E-state index contributed by atoms with van der Waals surface area (Å²) in [6, 6.07) is 9.87. The summed E-state index contributed by atoms with van der Waals surface area (Å²) in [5, 5.41) is 14.3. The van der Waals surface area contributed by atoms with Crippen molar-refractivity contribution >= 4 is 0 Å². The van der Waals surface area contributed by atoms with Crippen LogP contribution in [0.4, 0.5) is 0 Å². The lowest BCUT2D eigenvalue weighted by Gasteiger charge is -2.31. The molecule has 3 aliphatic rings. The maximum absolute atomic E-state index is 13.2. The number of nitrogens with one attached hydrogen (secondary N) is 1. The Balaban J connectivity index is 1.35. The molecular formula is C22H24N6O4. The predicted molar refractivity (Wildman–Crippen MR) is 112 cm³/mol. The van der Waals surface area contributed by atoms with Gasteiger partial charge in [0.05, 0.1) is 11.8 Å². The molecule has 1 N–H and O–H groups in total. The molecule has 2 aromatic heterocycles. The summed E-state index contributed by atoms with van der Waals surface area (Å²) >= 11 is 0. The van der Waals surface area contributed by atoms with Crippen molar-refractivity contribution in [1.82, 2.24) is 30.2 Å². The molecule has 3 unspecified atom stereocenters. The lowest BCUT2D eigenvalue weighted by atomic mass is 9.96. The van der Waals surface area contributed by atoms with E-state index in [1.807, 2.05) is 24.3 Å². The molecule has 32 heavy (non-hydrogen) atoms. The number of H-pyrrole nitrogens is 1. The molecule has 0 bridgehead atoms. The van der Waals surface area contributed by atoms with Gasteiger partial charge in [-0.1, -0.05) is 24.3 Å². The van der Waals surface area contributed by atoms with E-state index >= 15 is 0 Å². The van der Waals surface area contributed by atoms with Crippen LogP contribution < -0.4 is 10.4 Å². The molecule has 10 heteroatoms. The lowest BCUT2D eigenvalue weighted by Crippen LogP contribution is -2.35. The van der Waals surface area contributed by atoms with Gasteiger partial charge in [-0.15, -0.1) is 5.10 Å². The van der Waals surface area contributed by atoms with Gasteiger partial charge in [-0.3, -0.25) is 4.57 Å². The molecule has 1 saturated carbocycles. The first-order chi connectivity index (χ1) is 15.8. The van der Waals surface area contributed by atoms with Crippen LogP contribution in [0.1, 0.15) is 49.4 Å². The Morgan fingerprint density at radius 2 is 2.16 bits per heavy atom. The molecule has 0 radical (unpaired) electrons. The molecule has 1 aromatic carbocycles. The number of nitrogens with zero attached hydrogens (tertiary/aromatic N) is 5. The summed E-state index contributed by atoms with van der Waals surface area (Å²) in [6.07, 6.45) is 3.89. The highest BCUT2D eigenvalue weighted by Crippen LogP contribution is 2.45. The zero-order valence-electron chi connectivity index (χ0n) is 17.5. The minimum absolute atomic E-state index is 0.0498. The van der Waals surface area contributed by atoms with Gasteiger partial charge >= 0.3 is 5.69 Å². The van der Waals surface area contributed by atoms with E-state index < -0.39 is 11.9 Å². The van der Waals surface area contributed by atoms with Gasteiger partial charge in [-0.05, 0) is 47.6 Å². The summed E-state index contributed by atoms with van der Waals surface area (Å²) in [6.45, 7) is 1.14. The molecule has 2 aliphatic heterocycles. The number of hydrogen-bond donors (Lipinski definition) is 1. The first-order valence-electron chi connectivity index (χ1n) is 11.1. The monoisotopic (exact) mass is 436 g/mol. The average Bonchev–Trinajstić information content (AvgIpc) is 3.25. The Hall–Kier alpha value is -3.11. The summed E-state index contributed by atoms with van der Waals surface area (Å²) in [5.74, 6) is 1.24. The van der Waals surface area contributed by atoms with Crippen molar-refractivity contribution in [2.75, 3.05) is 13.2 Å². The van der Waals surface area contributed by atoms with Crippen molar-refractivity contribution in [3.8, 4) is 17.1 Å². The van der Waals surface area contributed by atoms with E-state index in [1.54, 1.807) is 4.57 Å². The fourth-order valence-electron chi connectivity index (χ4n) is 4.57. The van der Waals surface area contributed by atoms with E-state index in [4.69, 9.17) is 14.2 Å². The molecule has 6 rings (SSSR count). The zero-order valence-corrected chi connectivity index (χ0v) is 17.5. The molecule has 1 aliphatic carbocycles. The molecule has 10 nitrogen and oxygen atoms in total. The molecule has 1 saturated heterocycles. The summed E-state index contributed by atoms with van der Waals surface area (Å²) < 4.78 is 19.6. The fraction of sp³-hybridized carbons (Fsp3) is 0.500. The second kappa shape index (κ2) is 8.10. The van der Waals surface area contributed by atoms with Crippen LogP contribution in [0.25, 0.3) is 11.3 Å². The van der Waals surface area contributed by atoms with Crippen LogP contribution in [0.5, 0.6) is 5.88 Å². The number of benzene rings is 1. The van der Waals surface area contributed by atoms with Gasteiger partial charge < -0.3 is 14.2 Å². The number of aromatic nitrogens is 6. The Kier molecular flexibility index (Phi) is 4.95. The largest absolute Gasteiger partial charge is 0.475 e. The number of tetrazole rings is 1. The Morgan fingerprint density at radius 3 is 2.94 bits per heavy atom. The first kappa shape index (κ1) is 19.6. The molecule has 166 valence electrons. The topological polar surface area (TPSA) is 117 Å². The van der Waals surface area contributed by atoms with E-state index in [9.17, 15) is 4.79 Å². The van der Waals surface area contributed by atoms with Crippen LogP contribution >= 0.6 is 0 Å². The number of ether oxygens (including phenoxy) is 3. The number of fused-ring (bicyclic) bond motifs is 3. The number of hydrogen-bond acceptors (Lipinski definition) is 8. The Bertz CT molecular complexity index is 1150. The normalized spacial score (nSPS) is 22.9. The van der Waals surface area contributed by atoms with E-state index in [2.05, 4.69) is 31.7 Å². The third-order valence-corrected chi connectivity index (χ3v) is 6.33. The SMILES string of the molecule is O=c1nc(OCC2CCCO2)cc2n1C(OC(c1nnn[nH]1)C1CC1)Cc1ccccc1-2. The van der Waals surface area contributed by atoms with Gasteiger partial charge in [-0.2, -0.15) is 4.98 Å². The van der Waals surface area contributed by atoms with Gasteiger partial charge in [0.2, 0.25) is 5.88 Å². The van der Waals surface area contributed by atoms with Crippen molar-refractivity contribution in [2.45, 2.75) is 50.5 Å². The van der Waals surface area contributed by atoms with Gasteiger partial charge in [0.1, 0.15) is 18.9 Å². The van der Waals surface area contributed by atoms with Crippen LogP contribution in [-0.2, 0) is 15.9 Å². The zero-order chi connectivity index (χ0) is 21.5. The number of aromatic amines is 1. The van der Waals surface area contributed by atoms with Crippen molar-refractivity contribution in [2.24, 2.45) is 5.92 Å². The second-order valence-corrected chi connectivity index (χ2v) is 8.57. The van der Waals surface area contributed by atoms with Crippen molar-refractivity contribution in [1.29, 1.82) is 0 Å². The van der Waals surface area contributed by atoms with Gasteiger partial charge in [0, 0.05) is 24.7 Å². The highest BCUT2D eigenvalue weighted by Gasteiger charge is 2.39. The maximum atomic E-state index is 13.2. The molecular weight excluding hydrogens is 412 g/mol. The van der Waals surface area contributed by atoms with Crippen LogP contribution in [0.3, 0.4) is 0 Å². The molecule has 3 aromatic rings. The van der Waals surface area contributed by atoms with Crippen LogP contribution in [0.15, 0.2) is 35.1 Å². The highest BCUT2D eigenvalue weighted by atomic mass is 16.5. The van der Waals surface area contributed by atoms with Crippen molar-refractivity contribution < 1.29 is 14.2 Å².